The molecule has 0 unspecified atom stereocenters. The van der Waals surface area contributed by atoms with E-state index in [1.54, 1.807) is 11.8 Å². The molecule has 0 saturated carbocycles. The summed E-state index contributed by atoms with van der Waals surface area (Å²) in [4.78, 5) is 0. The van der Waals surface area contributed by atoms with Gasteiger partial charge in [-0.2, -0.15) is 0 Å². The maximum Gasteiger partial charge on any atom is 0.197 e. The topological polar surface area (TPSA) is 48.5 Å². The van der Waals surface area contributed by atoms with Crippen LogP contribution in [0.1, 0.15) is 0 Å². The van der Waals surface area contributed by atoms with E-state index in [-0.39, 0.29) is 0 Å². The first-order valence-electron chi connectivity index (χ1n) is 1.81. The average Bonchev–Trinajstić information content (AvgIpc) is 2.14. The van der Waals surface area contributed by atoms with Crippen LogP contribution < -0.4 is 16.5 Å². The van der Waals surface area contributed by atoms with Crippen molar-refractivity contribution in [3.8, 4) is 0 Å². The molecule has 7 heavy (non-hydrogen) atoms. The quantitative estimate of drug-likeness (QED) is 0.391. The zero-order valence-electron chi connectivity index (χ0n) is 3.86. The summed E-state index contributed by atoms with van der Waals surface area (Å²) in [5.74, 6) is 0. The first-order chi connectivity index (χ1) is 3.43. The highest BCUT2D eigenvalue weighted by atomic mass is 32.2. The summed E-state index contributed by atoms with van der Waals surface area (Å²) in [7, 11) is 0. The van der Waals surface area contributed by atoms with Crippen molar-refractivity contribution in [3.63, 3.8) is 0 Å². The number of hydrazone groups is 1. The van der Waals surface area contributed by atoms with E-state index in [9.17, 15) is 0 Å². The summed E-state index contributed by atoms with van der Waals surface area (Å²) < 4.78 is 0. The van der Waals surface area contributed by atoms with Crippen LogP contribution in [0, 0.1) is 0 Å². The molecular formula is C2H6N4S. The molecule has 0 aromatic carbocycles. The SMILES string of the molecule is CSC1=NNNN1. The Balaban J connectivity index is 2.36. The standard InChI is InChI=1S/C2H6N4S/c1-7-2-3-5-6-4-2/h5-6H,1H3,(H,3,4). The van der Waals surface area contributed by atoms with Gasteiger partial charge in [0.25, 0.3) is 0 Å². The third kappa shape index (κ3) is 0.971. The Morgan fingerprint density at radius 3 is 2.86 bits per heavy atom. The first kappa shape index (κ1) is 4.73. The van der Waals surface area contributed by atoms with Crippen LogP contribution in [0.15, 0.2) is 5.10 Å². The lowest BCUT2D eigenvalue weighted by atomic mass is 11.3. The molecule has 0 bridgehead atoms. The van der Waals surface area contributed by atoms with Gasteiger partial charge in [-0.3, -0.25) is 5.43 Å². The monoisotopic (exact) mass is 118 g/mol. The van der Waals surface area contributed by atoms with Crippen molar-refractivity contribution >= 4 is 16.9 Å². The summed E-state index contributed by atoms with van der Waals surface area (Å²) in [5.41, 5.74) is 7.89. The zero-order valence-corrected chi connectivity index (χ0v) is 4.67. The van der Waals surface area contributed by atoms with Gasteiger partial charge in [-0.15, -0.1) is 10.6 Å². The Kier molecular flexibility index (Phi) is 1.38. The lowest BCUT2D eigenvalue weighted by molar-refractivity contribution is 0.578. The summed E-state index contributed by atoms with van der Waals surface area (Å²) in [5, 5.41) is 4.62. The summed E-state index contributed by atoms with van der Waals surface area (Å²) in [6.45, 7) is 0. The maximum absolute atomic E-state index is 3.76. The minimum Gasteiger partial charge on any atom is -0.280 e. The fourth-order valence-corrected chi connectivity index (χ4v) is 0.575. The predicted molar refractivity (Wildman–Crippen MR) is 30.4 cm³/mol. The molecule has 0 aromatic rings. The van der Waals surface area contributed by atoms with Gasteiger partial charge in [0.05, 0.1) is 0 Å². The van der Waals surface area contributed by atoms with E-state index in [4.69, 9.17) is 0 Å². The van der Waals surface area contributed by atoms with Gasteiger partial charge in [0.1, 0.15) is 0 Å². The molecule has 0 saturated heterocycles. The van der Waals surface area contributed by atoms with Crippen LogP contribution in [0.5, 0.6) is 0 Å². The molecule has 0 aliphatic carbocycles. The number of amidine groups is 1. The molecule has 5 heteroatoms. The van der Waals surface area contributed by atoms with Crippen molar-refractivity contribution in [3.05, 3.63) is 0 Å². The Hall–Kier alpha value is -0.420. The third-order valence-corrected chi connectivity index (χ3v) is 1.16. The van der Waals surface area contributed by atoms with Crippen LogP contribution in [0.2, 0.25) is 0 Å². The van der Waals surface area contributed by atoms with E-state index in [0.29, 0.717) is 0 Å². The summed E-state index contributed by atoms with van der Waals surface area (Å²) in [6, 6.07) is 0. The maximum atomic E-state index is 3.76. The molecule has 4 nitrogen and oxygen atoms in total. The van der Waals surface area contributed by atoms with Crippen molar-refractivity contribution in [1.82, 2.24) is 16.5 Å². The number of nitrogens with zero attached hydrogens (tertiary/aromatic N) is 1. The molecular weight excluding hydrogens is 112 g/mol. The highest BCUT2D eigenvalue weighted by Crippen LogP contribution is 1.92. The molecule has 0 atom stereocenters. The fraction of sp³-hybridized carbons (Fsp3) is 0.500. The number of hydrogen-bond acceptors (Lipinski definition) is 5. The number of thioether (sulfide) groups is 1. The van der Waals surface area contributed by atoms with Crippen molar-refractivity contribution < 1.29 is 0 Å². The normalized spacial score (nSPS) is 17.6. The Bertz CT molecular complexity index is 89.7. The van der Waals surface area contributed by atoms with Crippen LogP contribution in [-0.4, -0.2) is 11.4 Å². The molecule has 3 N–H and O–H groups in total. The van der Waals surface area contributed by atoms with E-state index < -0.39 is 0 Å². The van der Waals surface area contributed by atoms with Gasteiger partial charge in [0.2, 0.25) is 0 Å². The predicted octanol–water partition coefficient (Wildman–Crippen LogP) is -0.767. The number of rotatable bonds is 0. The zero-order chi connectivity index (χ0) is 5.11. The van der Waals surface area contributed by atoms with Gasteiger partial charge in [-0.25, -0.2) is 5.53 Å². The molecule has 1 rings (SSSR count). The van der Waals surface area contributed by atoms with Crippen LogP contribution in [-0.2, 0) is 0 Å². The molecule has 0 spiro atoms. The van der Waals surface area contributed by atoms with Gasteiger partial charge < -0.3 is 0 Å². The third-order valence-electron chi connectivity index (χ3n) is 0.576. The van der Waals surface area contributed by atoms with Crippen LogP contribution in [0.4, 0.5) is 0 Å². The Morgan fingerprint density at radius 2 is 2.57 bits per heavy atom. The van der Waals surface area contributed by atoms with Crippen molar-refractivity contribution in [2.24, 2.45) is 5.10 Å². The summed E-state index contributed by atoms with van der Waals surface area (Å²) in [6.07, 6.45) is 1.94. The van der Waals surface area contributed by atoms with Gasteiger partial charge >= 0.3 is 0 Å². The van der Waals surface area contributed by atoms with Crippen LogP contribution in [0.25, 0.3) is 0 Å². The van der Waals surface area contributed by atoms with Crippen LogP contribution >= 0.6 is 11.8 Å². The van der Waals surface area contributed by atoms with Crippen molar-refractivity contribution in [2.75, 3.05) is 6.26 Å². The molecule has 1 aliphatic rings. The minimum absolute atomic E-state index is 0.861. The molecule has 0 fully saturated rings. The van der Waals surface area contributed by atoms with E-state index >= 15 is 0 Å². The number of hydrogen-bond donors (Lipinski definition) is 3. The largest absolute Gasteiger partial charge is 0.280 e. The molecule has 0 radical (unpaired) electrons. The van der Waals surface area contributed by atoms with Crippen molar-refractivity contribution in [1.29, 1.82) is 0 Å². The fourth-order valence-electron chi connectivity index (χ4n) is 0.285. The van der Waals surface area contributed by atoms with Gasteiger partial charge in [-0.05, 0) is 6.26 Å². The highest BCUT2D eigenvalue weighted by molar-refractivity contribution is 8.13. The van der Waals surface area contributed by atoms with Crippen LogP contribution in [0.3, 0.4) is 0 Å². The minimum atomic E-state index is 0.861. The number of nitrogens with one attached hydrogen (secondary N) is 3. The Labute approximate surface area is 45.7 Å². The molecule has 0 amide bonds. The van der Waals surface area contributed by atoms with Crippen molar-refractivity contribution in [2.45, 2.75) is 0 Å². The molecule has 1 heterocycles. The van der Waals surface area contributed by atoms with E-state index in [2.05, 4.69) is 21.6 Å². The lowest BCUT2D eigenvalue weighted by Crippen LogP contribution is -2.33. The first-order valence-corrected chi connectivity index (χ1v) is 3.03. The van der Waals surface area contributed by atoms with Gasteiger partial charge in [-0.1, -0.05) is 11.8 Å². The van der Waals surface area contributed by atoms with E-state index in [1.807, 2.05) is 6.26 Å². The molecule has 1 aliphatic heterocycles. The van der Waals surface area contributed by atoms with E-state index in [1.165, 1.54) is 0 Å². The van der Waals surface area contributed by atoms with Gasteiger partial charge in [0, 0.05) is 0 Å². The smallest absolute Gasteiger partial charge is 0.197 e. The Morgan fingerprint density at radius 1 is 1.71 bits per heavy atom. The second-order valence-corrected chi connectivity index (χ2v) is 1.78. The second-order valence-electron chi connectivity index (χ2n) is 0.983. The second kappa shape index (κ2) is 2.04. The lowest BCUT2D eigenvalue weighted by Gasteiger charge is -1.90. The molecule has 40 valence electrons. The number of hydrazine groups is 2. The van der Waals surface area contributed by atoms with Gasteiger partial charge in [0.15, 0.2) is 5.17 Å². The molecule has 0 aromatic heterocycles. The average molecular weight is 118 g/mol. The summed E-state index contributed by atoms with van der Waals surface area (Å²) >= 11 is 1.55. The highest BCUT2D eigenvalue weighted by Gasteiger charge is 1.97. The van der Waals surface area contributed by atoms with E-state index in [0.717, 1.165) is 5.17 Å².